The zero-order valence-corrected chi connectivity index (χ0v) is 8.67. The fourth-order valence-corrected chi connectivity index (χ4v) is 1.80. The Morgan fingerprint density at radius 2 is 2.23 bits per heavy atom. The van der Waals surface area contributed by atoms with Crippen LogP contribution in [-0.2, 0) is 9.53 Å². The van der Waals surface area contributed by atoms with Crippen LogP contribution in [0.4, 0.5) is 0 Å². The lowest BCUT2D eigenvalue weighted by atomic mass is 9.85. The highest BCUT2D eigenvalue weighted by Crippen LogP contribution is 2.37. The Morgan fingerprint density at radius 3 is 2.62 bits per heavy atom. The van der Waals surface area contributed by atoms with Crippen LogP contribution in [0.3, 0.4) is 0 Å². The van der Waals surface area contributed by atoms with Gasteiger partial charge in [-0.05, 0) is 33.6 Å². The van der Waals surface area contributed by atoms with E-state index in [0.717, 1.165) is 19.3 Å². The molecular weight excluding hydrogens is 166 g/mol. The predicted molar refractivity (Wildman–Crippen MR) is 51.2 cm³/mol. The molecule has 3 nitrogen and oxygen atoms in total. The Bertz CT molecular complexity index is 203. The number of hydrogen-bond acceptors (Lipinski definition) is 3. The molecule has 1 fully saturated rings. The molecule has 76 valence electrons. The first kappa shape index (κ1) is 10.5. The monoisotopic (exact) mass is 185 g/mol. The van der Waals surface area contributed by atoms with Crippen LogP contribution in [0.15, 0.2) is 0 Å². The average molecular weight is 185 g/mol. The summed E-state index contributed by atoms with van der Waals surface area (Å²) < 4.78 is 5.19. The van der Waals surface area contributed by atoms with Crippen molar-refractivity contribution >= 4 is 5.97 Å². The second-order valence-corrected chi connectivity index (χ2v) is 4.37. The molecule has 1 aliphatic carbocycles. The van der Waals surface area contributed by atoms with Crippen molar-refractivity contribution in [1.82, 2.24) is 0 Å². The van der Waals surface area contributed by atoms with E-state index in [2.05, 4.69) is 0 Å². The Balaban J connectivity index is 2.63. The van der Waals surface area contributed by atoms with Crippen LogP contribution < -0.4 is 5.73 Å². The number of carbonyl (C=O) groups excluding carboxylic acids is 1. The van der Waals surface area contributed by atoms with E-state index in [1.54, 1.807) is 0 Å². The molecule has 3 heteroatoms. The molecule has 13 heavy (non-hydrogen) atoms. The summed E-state index contributed by atoms with van der Waals surface area (Å²) in [6, 6.07) is -0.0289. The fourth-order valence-electron chi connectivity index (χ4n) is 1.80. The van der Waals surface area contributed by atoms with Gasteiger partial charge in [-0.15, -0.1) is 0 Å². The van der Waals surface area contributed by atoms with E-state index in [1.807, 2.05) is 20.8 Å². The Hall–Kier alpha value is -0.570. The molecule has 0 spiro atoms. The second-order valence-electron chi connectivity index (χ2n) is 4.37. The molecule has 2 atom stereocenters. The fraction of sp³-hybridized carbons (Fsp3) is 0.900. The van der Waals surface area contributed by atoms with Gasteiger partial charge in [0, 0.05) is 6.04 Å². The molecule has 0 saturated heterocycles. The van der Waals surface area contributed by atoms with E-state index < -0.39 is 5.41 Å². The molecular formula is C10H19NO2. The maximum atomic E-state index is 11.7. The molecule has 0 bridgehead atoms. The van der Waals surface area contributed by atoms with Crippen LogP contribution in [0.2, 0.25) is 0 Å². The molecule has 2 unspecified atom stereocenters. The minimum Gasteiger partial charge on any atom is -0.463 e. The molecule has 1 aliphatic rings. The molecule has 0 aromatic heterocycles. The summed E-state index contributed by atoms with van der Waals surface area (Å²) in [7, 11) is 0. The van der Waals surface area contributed by atoms with Crippen LogP contribution >= 0.6 is 0 Å². The third kappa shape index (κ3) is 2.02. The molecule has 1 saturated carbocycles. The van der Waals surface area contributed by atoms with Crippen molar-refractivity contribution in [2.45, 2.75) is 52.2 Å². The van der Waals surface area contributed by atoms with Gasteiger partial charge in [0.15, 0.2) is 0 Å². The van der Waals surface area contributed by atoms with Crippen molar-refractivity contribution in [3.05, 3.63) is 0 Å². The van der Waals surface area contributed by atoms with Gasteiger partial charge in [0.25, 0.3) is 0 Å². The molecule has 2 N–H and O–H groups in total. The van der Waals surface area contributed by atoms with Gasteiger partial charge in [0.1, 0.15) is 0 Å². The molecule has 0 amide bonds. The van der Waals surface area contributed by atoms with Crippen LogP contribution in [0.5, 0.6) is 0 Å². The molecule has 0 aliphatic heterocycles. The van der Waals surface area contributed by atoms with Crippen LogP contribution in [0.25, 0.3) is 0 Å². The van der Waals surface area contributed by atoms with Gasteiger partial charge in [-0.3, -0.25) is 4.79 Å². The average Bonchev–Trinajstić information content (AvgIpc) is 2.32. The smallest absolute Gasteiger partial charge is 0.313 e. The number of nitrogens with two attached hydrogens (primary N) is 1. The maximum absolute atomic E-state index is 11.7. The van der Waals surface area contributed by atoms with Gasteiger partial charge >= 0.3 is 5.97 Å². The number of carbonyl (C=O) groups is 1. The third-order valence-corrected chi connectivity index (χ3v) is 2.84. The van der Waals surface area contributed by atoms with Crippen LogP contribution in [0.1, 0.15) is 40.0 Å². The SMILES string of the molecule is CC(C)OC(=O)C1(C)CCCC1N. The number of esters is 1. The minimum atomic E-state index is -0.440. The van der Waals surface area contributed by atoms with E-state index in [0.29, 0.717) is 0 Å². The second kappa shape index (κ2) is 3.66. The van der Waals surface area contributed by atoms with Gasteiger partial charge in [-0.1, -0.05) is 6.42 Å². The van der Waals surface area contributed by atoms with Gasteiger partial charge in [0.2, 0.25) is 0 Å². The lowest BCUT2D eigenvalue weighted by Crippen LogP contribution is -2.42. The largest absolute Gasteiger partial charge is 0.463 e. The maximum Gasteiger partial charge on any atom is 0.313 e. The summed E-state index contributed by atoms with van der Waals surface area (Å²) in [4.78, 5) is 11.7. The number of hydrogen-bond donors (Lipinski definition) is 1. The zero-order valence-electron chi connectivity index (χ0n) is 8.67. The lowest BCUT2D eigenvalue weighted by Gasteiger charge is -2.27. The third-order valence-electron chi connectivity index (χ3n) is 2.84. The van der Waals surface area contributed by atoms with E-state index in [4.69, 9.17) is 10.5 Å². The summed E-state index contributed by atoms with van der Waals surface area (Å²) in [5.74, 6) is -0.132. The summed E-state index contributed by atoms with van der Waals surface area (Å²) in [5, 5.41) is 0. The normalized spacial score (nSPS) is 33.8. The molecule has 1 rings (SSSR count). The highest BCUT2D eigenvalue weighted by atomic mass is 16.5. The molecule has 0 aromatic rings. The number of rotatable bonds is 2. The molecule has 0 radical (unpaired) electrons. The van der Waals surface area contributed by atoms with E-state index in [-0.39, 0.29) is 18.1 Å². The molecule has 0 aromatic carbocycles. The van der Waals surface area contributed by atoms with Crippen molar-refractivity contribution in [3.8, 4) is 0 Å². The molecule has 0 heterocycles. The highest BCUT2D eigenvalue weighted by molar-refractivity contribution is 5.77. The highest BCUT2D eigenvalue weighted by Gasteiger charge is 2.44. The first-order valence-electron chi connectivity index (χ1n) is 4.93. The first-order chi connectivity index (χ1) is 5.97. The zero-order chi connectivity index (χ0) is 10.1. The van der Waals surface area contributed by atoms with E-state index >= 15 is 0 Å². The summed E-state index contributed by atoms with van der Waals surface area (Å²) in [5.41, 5.74) is 5.45. The van der Waals surface area contributed by atoms with Gasteiger partial charge in [-0.25, -0.2) is 0 Å². The van der Waals surface area contributed by atoms with Crippen molar-refractivity contribution in [2.24, 2.45) is 11.1 Å². The summed E-state index contributed by atoms with van der Waals surface area (Å²) in [6.45, 7) is 5.64. The van der Waals surface area contributed by atoms with Crippen LogP contribution in [0, 0.1) is 5.41 Å². The lowest BCUT2D eigenvalue weighted by molar-refractivity contribution is -0.159. The van der Waals surface area contributed by atoms with Crippen molar-refractivity contribution in [2.75, 3.05) is 0 Å². The Morgan fingerprint density at radius 1 is 1.62 bits per heavy atom. The minimum absolute atomic E-state index is 0.0289. The van der Waals surface area contributed by atoms with Gasteiger partial charge in [-0.2, -0.15) is 0 Å². The predicted octanol–water partition coefficient (Wildman–Crippen LogP) is 1.46. The van der Waals surface area contributed by atoms with Gasteiger partial charge < -0.3 is 10.5 Å². The van der Waals surface area contributed by atoms with Gasteiger partial charge in [0.05, 0.1) is 11.5 Å². The van der Waals surface area contributed by atoms with E-state index in [9.17, 15) is 4.79 Å². The standard InChI is InChI=1S/C10H19NO2/c1-7(2)13-9(12)10(3)6-4-5-8(10)11/h7-8H,4-6,11H2,1-3H3. The number of ether oxygens (including phenoxy) is 1. The van der Waals surface area contributed by atoms with Crippen molar-refractivity contribution in [3.63, 3.8) is 0 Å². The first-order valence-corrected chi connectivity index (χ1v) is 4.93. The van der Waals surface area contributed by atoms with Crippen LogP contribution in [-0.4, -0.2) is 18.1 Å². The van der Waals surface area contributed by atoms with Crippen molar-refractivity contribution in [1.29, 1.82) is 0 Å². The summed E-state index contributed by atoms with van der Waals surface area (Å²) >= 11 is 0. The topological polar surface area (TPSA) is 52.3 Å². The van der Waals surface area contributed by atoms with E-state index in [1.165, 1.54) is 0 Å². The quantitative estimate of drug-likeness (QED) is 0.662. The Labute approximate surface area is 79.6 Å². The Kier molecular flexibility index (Phi) is 2.96. The van der Waals surface area contributed by atoms with Crippen molar-refractivity contribution < 1.29 is 9.53 Å². The summed E-state index contributed by atoms with van der Waals surface area (Å²) in [6.07, 6.45) is 2.78.